The zero-order valence-corrected chi connectivity index (χ0v) is 9.93. The van der Waals surface area contributed by atoms with Crippen molar-refractivity contribution >= 4 is 5.96 Å². The second-order valence-corrected chi connectivity index (χ2v) is 3.85. The van der Waals surface area contributed by atoms with Gasteiger partial charge in [0.15, 0.2) is 5.96 Å². The summed E-state index contributed by atoms with van der Waals surface area (Å²) in [6.45, 7) is 7.25. The lowest BCUT2D eigenvalue weighted by Gasteiger charge is -2.31. The summed E-state index contributed by atoms with van der Waals surface area (Å²) in [5.41, 5.74) is 6.67. The van der Waals surface area contributed by atoms with Crippen molar-refractivity contribution in [1.82, 2.24) is 10.6 Å². The lowest BCUT2D eigenvalue weighted by molar-refractivity contribution is 0.404. The first-order valence-electron chi connectivity index (χ1n) is 5.75. The average Bonchev–Trinajstić information content (AvgIpc) is 2.18. The van der Waals surface area contributed by atoms with Gasteiger partial charge in [-0.15, -0.1) is 0 Å². The van der Waals surface area contributed by atoms with E-state index in [0.29, 0.717) is 5.96 Å². The van der Waals surface area contributed by atoms with Gasteiger partial charge in [-0.25, -0.2) is 4.99 Å². The number of aliphatic imine (C=N–C) groups is 1. The first-order chi connectivity index (χ1) is 7.15. The molecule has 1 unspecified atom stereocenters. The van der Waals surface area contributed by atoms with Crippen LogP contribution in [0.1, 0.15) is 40.0 Å². The van der Waals surface area contributed by atoms with Gasteiger partial charge in [-0.3, -0.25) is 5.32 Å². The predicted molar refractivity (Wildman–Crippen MR) is 64.4 cm³/mol. The minimum absolute atomic E-state index is 0.297. The maximum Gasteiger partial charge on any atom is 0.195 e. The van der Waals surface area contributed by atoms with Crippen LogP contribution in [0, 0.1) is 0 Å². The molecule has 0 saturated carbocycles. The summed E-state index contributed by atoms with van der Waals surface area (Å²) in [7, 11) is 0. The summed E-state index contributed by atoms with van der Waals surface area (Å²) >= 11 is 0. The van der Waals surface area contributed by atoms with Crippen LogP contribution < -0.4 is 16.4 Å². The van der Waals surface area contributed by atoms with Crippen LogP contribution in [0.5, 0.6) is 0 Å². The van der Waals surface area contributed by atoms with Gasteiger partial charge in [0.05, 0.1) is 0 Å². The fourth-order valence-corrected chi connectivity index (χ4v) is 1.87. The van der Waals surface area contributed by atoms with Crippen molar-refractivity contribution in [3.05, 3.63) is 11.8 Å². The number of allylic oxidation sites excluding steroid dienone is 1. The van der Waals surface area contributed by atoms with E-state index in [9.17, 15) is 0 Å². The molecular formula is C11H22N4. The summed E-state index contributed by atoms with van der Waals surface area (Å²) in [5.74, 6) is 0.517. The lowest BCUT2D eigenvalue weighted by atomic mass is 10.0. The molecular weight excluding hydrogens is 188 g/mol. The molecule has 0 bridgehead atoms. The van der Waals surface area contributed by atoms with E-state index in [1.54, 1.807) is 0 Å². The SMILES string of the molecule is CCCC1=CC(CC)(NCC)N=C(N)N1. The van der Waals surface area contributed by atoms with Crippen molar-refractivity contribution in [3.63, 3.8) is 0 Å². The van der Waals surface area contributed by atoms with E-state index in [-0.39, 0.29) is 5.66 Å². The molecule has 0 fully saturated rings. The van der Waals surface area contributed by atoms with Crippen molar-refractivity contribution in [2.24, 2.45) is 10.7 Å². The summed E-state index contributed by atoms with van der Waals surface area (Å²) in [4.78, 5) is 4.45. The highest BCUT2D eigenvalue weighted by molar-refractivity contribution is 5.81. The lowest BCUT2D eigenvalue weighted by Crippen LogP contribution is -2.49. The minimum atomic E-state index is -0.297. The van der Waals surface area contributed by atoms with E-state index in [2.05, 4.69) is 42.5 Å². The largest absolute Gasteiger partial charge is 0.370 e. The summed E-state index contributed by atoms with van der Waals surface area (Å²) in [6, 6.07) is 0. The van der Waals surface area contributed by atoms with Crippen molar-refractivity contribution in [3.8, 4) is 0 Å². The van der Waals surface area contributed by atoms with E-state index in [0.717, 1.165) is 25.8 Å². The molecule has 1 aliphatic rings. The first kappa shape index (κ1) is 12.0. The van der Waals surface area contributed by atoms with Gasteiger partial charge in [0.25, 0.3) is 0 Å². The highest BCUT2D eigenvalue weighted by Gasteiger charge is 2.27. The Morgan fingerprint density at radius 1 is 1.47 bits per heavy atom. The zero-order chi connectivity index (χ0) is 11.3. The number of nitrogens with zero attached hydrogens (tertiary/aromatic N) is 1. The van der Waals surface area contributed by atoms with E-state index in [4.69, 9.17) is 5.73 Å². The molecule has 0 radical (unpaired) electrons. The van der Waals surface area contributed by atoms with Gasteiger partial charge in [0, 0.05) is 5.70 Å². The molecule has 0 amide bonds. The maximum absolute atomic E-state index is 5.79. The molecule has 0 aromatic heterocycles. The van der Waals surface area contributed by atoms with Crippen LogP contribution in [0.4, 0.5) is 0 Å². The van der Waals surface area contributed by atoms with Crippen LogP contribution >= 0.6 is 0 Å². The van der Waals surface area contributed by atoms with Crippen LogP contribution in [0.3, 0.4) is 0 Å². The fourth-order valence-electron chi connectivity index (χ4n) is 1.87. The Kier molecular flexibility index (Phi) is 4.15. The number of hydrogen-bond acceptors (Lipinski definition) is 4. The minimum Gasteiger partial charge on any atom is -0.370 e. The standard InChI is InChI=1S/C11H22N4/c1-4-7-9-8-11(5-2,13-6-3)15-10(12)14-9/h8,13H,4-7H2,1-3H3,(H3,12,14,15). The Hall–Kier alpha value is -1.03. The first-order valence-corrected chi connectivity index (χ1v) is 5.75. The fraction of sp³-hybridized carbons (Fsp3) is 0.727. The second-order valence-electron chi connectivity index (χ2n) is 3.85. The Bertz CT molecular complexity index is 270. The molecule has 0 aromatic rings. The van der Waals surface area contributed by atoms with Crippen molar-refractivity contribution in [1.29, 1.82) is 0 Å². The number of rotatable bonds is 5. The molecule has 4 heteroatoms. The topological polar surface area (TPSA) is 62.4 Å². The number of nitrogens with one attached hydrogen (secondary N) is 2. The monoisotopic (exact) mass is 210 g/mol. The molecule has 1 aliphatic heterocycles. The van der Waals surface area contributed by atoms with E-state index in [1.807, 2.05) is 0 Å². The zero-order valence-electron chi connectivity index (χ0n) is 9.93. The van der Waals surface area contributed by atoms with E-state index < -0.39 is 0 Å². The molecule has 1 heterocycles. The Morgan fingerprint density at radius 3 is 2.73 bits per heavy atom. The highest BCUT2D eigenvalue weighted by atomic mass is 15.2. The molecule has 4 N–H and O–H groups in total. The van der Waals surface area contributed by atoms with Crippen molar-refractivity contribution in [2.75, 3.05) is 6.54 Å². The van der Waals surface area contributed by atoms with Gasteiger partial charge in [-0.2, -0.15) is 0 Å². The summed E-state index contributed by atoms with van der Waals surface area (Å²) < 4.78 is 0. The van der Waals surface area contributed by atoms with Gasteiger partial charge in [0.2, 0.25) is 0 Å². The normalized spacial score (nSPS) is 25.5. The van der Waals surface area contributed by atoms with Gasteiger partial charge in [-0.05, 0) is 25.5 Å². The molecule has 1 atom stereocenters. The third kappa shape index (κ3) is 2.96. The maximum atomic E-state index is 5.79. The van der Waals surface area contributed by atoms with E-state index in [1.165, 1.54) is 5.70 Å². The molecule has 0 aliphatic carbocycles. The molecule has 15 heavy (non-hydrogen) atoms. The number of guanidine groups is 1. The predicted octanol–water partition coefficient (Wildman–Crippen LogP) is 1.30. The van der Waals surface area contributed by atoms with Gasteiger partial charge in [0.1, 0.15) is 5.66 Å². The summed E-state index contributed by atoms with van der Waals surface area (Å²) in [6.07, 6.45) is 5.20. The molecule has 1 rings (SSSR count). The molecule has 4 nitrogen and oxygen atoms in total. The second kappa shape index (κ2) is 5.16. The van der Waals surface area contributed by atoms with Gasteiger partial charge >= 0.3 is 0 Å². The third-order valence-corrected chi connectivity index (χ3v) is 2.56. The van der Waals surface area contributed by atoms with Gasteiger partial charge < -0.3 is 11.1 Å². The molecule has 0 aromatic carbocycles. The number of nitrogens with two attached hydrogens (primary N) is 1. The molecule has 0 saturated heterocycles. The highest BCUT2D eigenvalue weighted by Crippen LogP contribution is 2.20. The van der Waals surface area contributed by atoms with Crippen molar-refractivity contribution in [2.45, 2.75) is 45.7 Å². The quantitative estimate of drug-likeness (QED) is 0.641. The number of likely N-dealkylation sites (N-methyl/N-ethyl adjacent to an activating group) is 1. The van der Waals surface area contributed by atoms with Crippen LogP contribution in [0.25, 0.3) is 0 Å². The summed E-state index contributed by atoms with van der Waals surface area (Å²) in [5, 5.41) is 6.50. The van der Waals surface area contributed by atoms with Crippen LogP contribution in [0.15, 0.2) is 16.8 Å². The van der Waals surface area contributed by atoms with Crippen molar-refractivity contribution < 1.29 is 0 Å². The van der Waals surface area contributed by atoms with Crippen LogP contribution in [-0.2, 0) is 0 Å². The van der Waals surface area contributed by atoms with Gasteiger partial charge in [-0.1, -0.05) is 27.2 Å². The Balaban J connectivity index is 2.87. The van der Waals surface area contributed by atoms with Crippen LogP contribution in [0.2, 0.25) is 0 Å². The van der Waals surface area contributed by atoms with E-state index >= 15 is 0 Å². The van der Waals surface area contributed by atoms with Crippen LogP contribution in [-0.4, -0.2) is 18.2 Å². The Labute approximate surface area is 92.0 Å². The molecule has 0 spiro atoms. The average molecular weight is 210 g/mol. The number of hydrogen-bond donors (Lipinski definition) is 3. The Morgan fingerprint density at radius 2 is 2.20 bits per heavy atom. The third-order valence-electron chi connectivity index (χ3n) is 2.56. The molecule has 86 valence electrons. The smallest absolute Gasteiger partial charge is 0.195 e.